The van der Waals surface area contributed by atoms with E-state index in [1.807, 2.05) is 32.0 Å². The summed E-state index contributed by atoms with van der Waals surface area (Å²) in [6.07, 6.45) is 0. The van der Waals surface area contributed by atoms with Gasteiger partial charge in [-0.25, -0.2) is 4.98 Å². The third kappa shape index (κ3) is 4.17. The lowest BCUT2D eigenvalue weighted by atomic mass is 10.0. The van der Waals surface area contributed by atoms with Crippen LogP contribution in [0, 0.1) is 5.92 Å². The number of hydrogen-bond acceptors (Lipinski definition) is 6. The molecule has 3 aromatic rings. The number of thiazole rings is 1. The van der Waals surface area contributed by atoms with Gasteiger partial charge in [0.15, 0.2) is 16.6 Å². The van der Waals surface area contributed by atoms with Crippen LogP contribution in [-0.4, -0.2) is 36.1 Å². The van der Waals surface area contributed by atoms with Gasteiger partial charge in [-0.05, 0) is 18.1 Å². The second-order valence-corrected chi connectivity index (χ2v) is 8.06. The van der Waals surface area contributed by atoms with E-state index in [2.05, 4.69) is 15.6 Å². The summed E-state index contributed by atoms with van der Waals surface area (Å²) in [5, 5.41) is 6.11. The molecule has 2 amide bonds. The van der Waals surface area contributed by atoms with Gasteiger partial charge in [0.2, 0.25) is 5.91 Å². The van der Waals surface area contributed by atoms with Crippen LogP contribution in [-0.2, 0) is 4.79 Å². The van der Waals surface area contributed by atoms with Crippen molar-refractivity contribution in [3.63, 3.8) is 0 Å². The Morgan fingerprint density at radius 2 is 1.76 bits per heavy atom. The number of nitrogens with one attached hydrogen (secondary N) is 2. The number of aromatic nitrogens is 1. The summed E-state index contributed by atoms with van der Waals surface area (Å²) in [6.45, 7) is 4.79. The van der Waals surface area contributed by atoms with Crippen molar-refractivity contribution in [3.05, 3.63) is 48.0 Å². The molecule has 2 aromatic carbocycles. The quantitative estimate of drug-likeness (QED) is 0.671. The number of rotatable bonds is 5. The van der Waals surface area contributed by atoms with Gasteiger partial charge in [0.25, 0.3) is 5.91 Å². The molecule has 8 heteroatoms. The Morgan fingerprint density at radius 3 is 2.45 bits per heavy atom. The van der Waals surface area contributed by atoms with Crippen molar-refractivity contribution < 1.29 is 19.1 Å². The Kier molecular flexibility index (Phi) is 5.35. The van der Waals surface area contributed by atoms with Crippen molar-refractivity contribution in [3.8, 4) is 11.5 Å². The van der Waals surface area contributed by atoms with Crippen molar-refractivity contribution in [2.45, 2.75) is 19.9 Å². The molecule has 1 aliphatic heterocycles. The largest absolute Gasteiger partial charge is 0.486 e. The van der Waals surface area contributed by atoms with Crippen molar-refractivity contribution in [2.75, 3.05) is 18.5 Å². The summed E-state index contributed by atoms with van der Waals surface area (Å²) in [4.78, 5) is 29.8. The van der Waals surface area contributed by atoms with E-state index in [1.165, 1.54) is 11.3 Å². The average Bonchev–Trinajstić information content (AvgIpc) is 3.11. The van der Waals surface area contributed by atoms with Gasteiger partial charge in [-0.3, -0.25) is 9.59 Å². The highest BCUT2D eigenvalue weighted by Gasteiger charge is 2.26. The molecule has 1 aliphatic rings. The topological polar surface area (TPSA) is 89.6 Å². The SMILES string of the molecule is CC(C)[C@H](NC(=O)c1ccccc1)C(=O)Nc1nc2cc3c(cc2s1)OCCO3. The summed E-state index contributed by atoms with van der Waals surface area (Å²) < 4.78 is 12.1. The highest BCUT2D eigenvalue weighted by atomic mass is 32.1. The predicted molar refractivity (Wildman–Crippen MR) is 112 cm³/mol. The minimum absolute atomic E-state index is 0.0915. The van der Waals surface area contributed by atoms with Gasteiger partial charge in [-0.15, -0.1) is 0 Å². The van der Waals surface area contributed by atoms with Gasteiger partial charge in [0, 0.05) is 17.7 Å². The second-order valence-electron chi connectivity index (χ2n) is 7.03. The van der Waals surface area contributed by atoms with Crippen LogP contribution in [0.1, 0.15) is 24.2 Å². The lowest BCUT2D eigenvalue weighted by molar-refractivity contribution is -0.118. The second kappa shape index (κ2) is 8.08. The number of fused-ring (bicyclic) bond motifs is 2. The van der Waals surface area contributed by atoms with E-state index in [1.54, 1.807) is 24.3 Å². The Balaban J connectivity index is 1.51. The normalized spacial score (nSPS) is 13.9. The van der Waals surface area contributed by atoms with Gasteiger partial charge < -0.3 is 20.1 Å². The Bertz CT molecular complexity index is 1010. The zero-order valence-corrected chi connectivity index (χ0v) is 16.9. The number of benzene rings is 2. The molecule has 0 saturated heterocycles. The van der Waals surface area contributed by atoms with Crippen LogP contribution in [0.2, 0.25) is 0 Å². The smallest absolute Gasteiger partial charge is 0.251 e. The van der Waals surface area contributed by atoms with Gasteiger partial charge in [-0.1, -0.05) is 43.4 Å². The number of carbonyl (C=O) groups excluding carboxylic acids is 2. The first-order valence-electron chi connectivity index (χ1n) is 9.38. The van der Waals surface area contributed by atoms with E-state index in [-0.39, 0.29) is 17.7 Å². The third-order valence-electron chi connectivity index (χ3n) is 4.55. The van der Waals surface area contributed by atoms with E-state index in [0.717, 1.165) is 10.2 Å². The molecule has 29 heavy (non-hydrogen) atoms. The van der Waals surface area contributed by atoms with Crippen molar-refractivity contribution in [2.24, 2.45) is 5.92 Å². The highest BCUT2D eigenvalue weighted by Crippen LogP contribution is 2.37. The van der Waals surface area contributed by atoms with Crippen molar-refractivity contribution in [1.29, 1.82) is 0 Å². The lowest BCUT2D eigenvalue weighted by Crippen LogP contribution is -2.47. The molecule has 0 fully saturated rings. The van der Waals surface area contributed by atoms with Crippen LogP contribution < -0.4 is 20.1 Å². The monoisotopic (exact) mass is 411 g/mol. The average molecular weight is 411 g/mol. The Hall–Kier alpha value is -3.13. The fraction of sp³-hybridized carbons (Fsp3) is 0.286. The van der Waals surface area contributed by atoms with Crippen LogP contribution in [0.3, 0.4) is 0 Å². The first-order valence-corrected chi connectivity index (χ1v) is 10.2. The van der Waals surface area contributed by atoms with Crippen LogP contribution in [0.4, 0.5) is 5.13 Å². The van der Waals surface area contributed by atoms with Gasteiger partial charge in [0.05, 0.1) is 10.2 Å². The number of nitrogens with zero attached hydrogens (tertiary/aromatic N) is 1. The molecular formula is C21H21N3O4S. The molecule has 0 saturated carbocycles. The maximum atomic E-state index is 12.8. The number of ether oxygens (including phenoxy) is 2. The number of carbonyl (C=O) groups is 2. The third-order valence-corrected chi connectivity index (χ3v) is 5.49. The summed E-state index contributed by atoms with van der Waals surface area (Å²) in [6, 6.07) is 11.8. The first-order chi connectivity index (χ1) is 14.0. The van der Waals surface area contributed by atoms with Crippen LogP contribution in [0.5, 0.6) is 11.5 Å². The summed E-state index contributed by atoms with van der Waals surface area (Å²) >= 11 is 1.35. The fourth-order valence-electron chi connectivity index (χ4n) is 3.05. The lowest BCUT2D eigenvalue weighted by Gasteiger charge is -2.21. The van der Waals surface area contributed by atoms with E-state index in [9.17, 15) is 9.59 Å². The van der Waals surface area contributed by atoms with E-state index >= 15 is 0 Å². The van der Waals surface area contributed by atoms with Gasteiger partial charge in [0.1, 0.15) is 19.3 Å². The molecule has 7 nitrogen and oxygen atoms in total. The molecule has 4 rings (SSSR count). The fourth-order valence-corrected chi connectivity index (χ4v) is 3.93. The predicted octanol–water partition coefficient (Wildman–Crippen LogP) is 3.46. The molecule has 150 valence electrons. The molecule has 2 N–H and O–H groups in total. The van der Waals surface area contributed by atoms with Gasteiger partial charge >= 0.3 is 0 Å². The van der Waals surface area contributed by atoms with Crippen molar-refractivity contribution in [1.82, 2.24) is 10.3 Å². The maximum Gasteiger partial charge on any atom is 0.251 e. The van der Waals surface area contributed by atoms with E-state index < -0.39 is 6.04 Å². The minimum atomic E-state index is -0.686. The summed E-state index contributed by atoms with van der Waals surface area (Å²) in [5.74, 6) is 0.653. The Morgan fingerprint density at radius 1 is 1.07 bits per heavy atom. The zero-order valence-electron chi connectivity index (χ0n) is 16.1. The maximum absolute atomic E-state index is 12.8. The standard InChI is InChI=1S/C21H21N3O4S/c1-12(2)18(23-19(25)13-6-4-3-5-7-13)20(26)24-21-22-14-10-15-16(11-17(14)29-21)28-9-8-27-15/h3-7,10-12,18H,8-9H2,1-2H3,(H,23,25)(H,22,24,26)/t18-/m0/s1. The number of hydrogen-bond donors (Lipinski definition) is 2. The minimum Gasteiger partial charge on any atom is -0.486 e. The molecule has 0 bridgehead atoms. The molecule has 2 heterocycles. The Labute approximate surface area is 172 Å². The van der Waals surface area contributed by atoms with E-state index in [0.29, 0.717) is 35.4 Å². The van der Waals surface area contributed by atoms with Crippen LogP contribution >= 0.6 is 11.3 Å². The summed E-state index contributed by atoms with van der Waals surface area (Å²) in [7, 11) is 0. The van der Waals surface area contributed by atoms with Gasteiger partial charge in [-0.2, -0.15) is 0 Å². The number of amides is 2. The molecule has 0 spiro atoms. The highest BCUT2D eigenvalue weighted by molar-refractivity contribution is 7.22. The zero-order chi connectivity index (χ0) is 20.4. The summed E-state index contributed by atoms with van der Waals surface area (Å²) in [5.41, 5.74) is 1.24. The molecule has 0 aliphatic carbocycles. The molecule has 1 aromatic heterocycles. The molecule has 0 radical (unpaired) electrons. The molecule has 1 atom stereocenters. The van der Waals surface area contributed by atoms with Crippen LogP contribution in [0.15, 0.2) is 42.5 Å². The van der Waals surface area contributed by atoms with E-state index in [4.69, 9.17) is 9.47 Å². The van der Waals surface area contributed by atoms with Crippen molar-refractivity contribution >= 4 is 38.5 Å². The first kappa shape index (κ1) is 19.2. The molecule has 0 unspecified atom stereocenters. The van der Waals surface area contributed by atoms with Crippen LogP contribution in [0.25, 0.3) is 10.2 Å². The molecular weight excluding hydrogens is 390 g/mol. The number of anilines is 1.